The number of aryl methyl sites for hydroxylation is 1. The van der Waals surface area contributed by atoms with Gasteiger partial charge in [-0.15, -0.1) is 0 Å². The Bertz CT molecular complexity index is 1330. The van der Waals surface area contributed by atoms with Crippen LogP contribution in [0, 0.1) is 5.82 Å². The van der Waals surface area contributed by atoms with E-state index in [1.807, 2.05) is 36.4 Å². The van der Waals surface area contributed by atoms with Crippen LogP contribution in [0.5, 0.6) is 0 Å². The Labute approximate surface area is 178 Å². The van der Waals surface area contributed by atoms with E-state index in [4.69, 9.17) is 4.98 Å². The summed E-state index contributed by atoms with van der Waals surface area (Å²) in [4.78, 5) is 12.6. The Morgan fingerprint density at radius 2 is 1.81 bits per heavy atom. The van der Waals surface area contributed by atoms with Gasteiger partial charge >= 0.3 is 0 Å². The summed E-state index contributed by atoms with van der Waals surface area (Å²) in [7, 11) is 0. The minimum Gasteiger partial charge on any atom is -0.396 e. The number of hydrogen-bond donors (Lipinski definition) is 2. The van der Waals surface area contributed by atoms with Gasteiger partial charge in [-0.05, 0) is 48.4 Å². The van der Waals surface area contributed by atoms with Crippen molar-refractivity contribution in [1.29, 1.82) is 0 Å². The second-order valence-electron chi connectivity index (χ2n) is 7.24. The highest BCUT2D eigenvalue weighted by atomic mass is 19.1. The standard InChI is InChI=1S/C24H20FN5O/c25-17-8-10-18(11-9-17)30-24(28-22(29-30)7-4-14-31)19-12-13-26-23-20(19)15-21(27-23)16-5-2-1-3-6-16/h1-3,5-6,8-13,15,31H,4,7,14H2,(H,26,27). The summed E-state index contributed by atoms with van der Waals surface area (Å²) < 4.78 is 15.2. The van der Waals surface area contributed by atoms with Crippen LogP contribution in [-0.4, -0.2) is 36.4 Å². The maximum absolute atomic E-state index is 13.5. The molecule has 2 N–H and O–H groups in total. The zero-order valence-corrected chi connectivity index (χ0v) is 16.7. The Kier molecular flexibility index (Phi) is 5.01. The second-order valence-corrected chi connectivity index (χ2v) is 7.24. The van der Waals surface area contributed by atoms with Crippen LogP contribution in [0.3, 0.4) is 0 Å². The number of benzene rings is 2. The molecule has 0 aliphatic rings. The quantitative estimate of drug-likeness (QED) is 0.428. The topological polar surface area (TPSA) is 79.6 Å². The lowest BCUT2D eigenvalue weighted by molar-refractivity contribution is 0.287. The van der Waals surface area contributed by atoms with E-state index < -0.39 is 0 Å². The maximum Gasteiger partial charge on any atom is 0.164 e. The molecule has 0 aliphatic heterocycles. The van der Waals surface area contributed by atoms with Crippen LogP contribution in [-0.2, 0) is 6.42 Å². The van der Waals surface area contributed by atoms with E-state index in [1.165, 1.54) is 12.1 Å². The van der Waals surface area contributed by atoms with Gasteiger partial charge in [-0.3, -0.25) is 0 Å². The third-order valence-corrected chi connectivity index (χ3v) is 5.14. The van der Waals surface area contributed by atoms with Crippen LogP contribution in [0.1, 0.15) is 12.2 Å². The molecule has 3 aromatic heterocycles. The van der Waals surface area contributed by atoms with E-state index in [-0.39, 0.29) is 12.4 Å². The van der Waals surface area contributed by atoms with Crippen molar-refractivity contribution in [3.8, 4) is 28.3 Å². The van der Waals surface area contributed by atoms with Crippen LogP contribution in [0.25, 0.3) is 39.4 Å². The normalized spacial score (nSPS) is 11.3. The monoisotopic (exact) mass is 413 g/mol. The molecule has 6 nitrogen and oxygen atoms in total. The van der Waals surface area contributed by atoms with Gasteiger partial charge in [0.25, 0.3) is 0 Å². The van der Waals surface area contributed by atoms with Crippen LogP contribution in [0.2, 0.25) is 0 Å². The lowest BCUT2D eigenvalue weighted by Gasteiger charge is -2.06. The Balaban J connectivity index is 1.67. The molecule has 2 aromatic carbocycles. The van der Waals surface area contributed by atoms with Gasteiger partial charge < -0.3 is 10.1 Å². The number of halogens is 1. The largest absolute Gasteiger partial charge is 0.396 e. The highest BCUT2D eigenvalue weighted by molar-refractivity contribution is 5.94. The average molecular weight is 413 g/mol. The fourth-order valence-electron chi connectivity index (χ4n) is 3.63. The second kappa shape index (κ2) is 8.12. The number of pyridine rings is 1. The fourth-order valence-corrected chi connectivity index (χ4v) is 3.63. The summed E-state index contributed by atoms with van der Waals surface area (Å²) in [6, 6.07) is 20.2. The highest BCUT2D eigenvalue weighted by Crippen LogP contribution is 2.31. The number of aromatic nitrogens is 5. The van der Waals surface area contributed by atoms with Crippen molar-refractivity contribution in [1.82, 2.24) is 24.7 Å². The molecule has 0 amide bonds. The zero-order chi connectivity index (χ0) is 21.2. The summed E-state index contributed by atoms with van der Waals surface area (Å²) >= 11 is 0. The summed E-state index contributed by atoms with van der Waals surface area (Å²) in [5.74, 6) is 0.957. The van der Waals surface area contributed by atoms with Gasteiger partial charge in [0.1, 0.15) is 11.5 Å². The van der Waals surface area contributed by atoms with Crippen LogP contribution < -0.4 is 0 Å². The van der Waals surface area contributed by atoms with Crippen molar-refractivity contribution >= 4 is 11.0 Å². The van der Waals surface area contributed by atoms with Gasteiger partial charge in [-0.2, -0.15) is 5.10 Å². The minimum atomic E-state index is -0.310. The van der Waals surface area contributed by atoms with Gasteiger partial charge in [-0.1, -0.05) is 30.3 Å². The fraction of sp³-hybridized carbons (Fsp3) is 0.125. The van der Waals surface area contributed by atoms with Crippen molar-refractivity contribution in [2.24, 2.45) is 0 Å². The number of nitrogens with one attached hydrogen (secondary N) is 1. The Hall–Kier alpha value is -3.84. The molecular weight excluding hydrogens is 393 g/mol. The average Bonchev–Trinajstić information content (AvgIpc) is 3.43. The summed E-state index contributed by atoms with van der Waals surface area (Å²) in [6.07, 6.45) is 2.86. The molecule has 7 heteroatoms. The maximum atomic E-state index is 13.5. The van der Waals surface area contributed by atoms with E-state index in [2.05, 4.69) is 21.1 Å². The third-order valence-electron chi connectivity index (χ3n) is 5.14. The van der Waals surface area contributed by atoms with E-state index >= 15 is 0 Å². The van der Waals surface area contributed by atoms with Crippen molar-refractivity contribution in [2.45, 2.75) is 12.8 Å². The van der Waals surface area contributed by atoms with Gasteiger partial charge in [0.05, 0.1) is 5.69 Å². The summed E-state index contributed by atoms with van der Waals surface area (Å²) in [6.45, 7) is 0.0676. The number of rotatable bonds is 6. The highest BCUT2D eigenvalue weighted by Gasteiger charge is 2.18. The van der Waals surface area contributed by atoms with Crippen molar-refractivity contribution in [3.05, 3.63) is 84.6 Å². The smallest absolute Gasteiger partial charge is 0.164 e. The molecule has 0 saturated heterocycles. The Morgan fingerprint density at radius 1 is 1.00 bits per heavy atom. The molecule has 0 atom stereocenters. The molecular formula is C24H20FN5O. The van der Waals surface area contributed by atoms with Gasteiger partial charge in [-0.25, -0.2) is 19.0 Å². The van der Waals surface area contributed by atoms with Crippen LogP contribution in [0.15, 0.2) is 72.9 Å². The first-order chi connectivity index (χ1) is 15.2. The van der Waals surface area contributed by atoms with Gasteiger partial charge in [0, 0.05) is 35.9 Å². The lowest BCUT2D eigenvalue weighted by atomic mass is 10.1. The van der Waals surface area contributed by atoms with Gasteiger partial charge in [0.15, 0.2) is 11.6 Å². The molecule has 5 rings (SSSR count). The Morgan fingerprint density at radius 3 is 2.58 bits per heavy atom. The number of aliphatic hydroxyl groups is 1. The SMILES string of the molecule is OCCCc1nc(-c2ccnc3[nH]c(-c4ccccc4)cc23)n(-c2ccc(F)cc2)n1. The lowest BCUT2D eigenvalue weighted by Crippen LogP contribution is -2.00. The number of aliphatic hydroxyl groups excluding tert-OH is 1. The summed E-state index contributed by atoms with van der Waals surface area (Å²) in [5.41, 5.74) is 4.36. The molecule has 3 heterocycles. The molecule has 31 heavy (non-hydrogen) atoms. The molecule has 0 unspecified atom stereocenters. The number of fused-ring (bicyclic) bond motifs is 1. The zero-order valence-electron chi connectivity index (χ0n) is 16.7. The first kappa shape index (κ1) is 19.1. The molecule has 0 saturated carbocycles. The van der Waals surface area contributed by atoms with E-state index in [0.29, 0.717) is 30.2 Å². The predicted octanol–water partition coefficient (Wildman–Crippen LogP) is 4.54. The van der Waals surface area contributed by atoms with Crippen LogP contribution in [0.4, 0.5) is 4.39 Å². The number of hydrogen-bond acceptors (Lipinski definition) is 4. The molecule has 5 aromatic rings. The molecule has 0 radical (unpaired) electrons. The summed E-state index contributed by atoms with van der Waals surface area (Å²) in [5, 5.41) is 14.8. The molecule has 0 spiro atoms. The van der Waals surface area contributed by atoms with Crippen molar-refractivity contribution in [3.63, 3.8) is 0 Å². The van der Waals surface area contributed by atoms with E-state index in [1.54, 1.807) is 23.0 Å². The number of H-pyrrole nitrogens is 1. The van der Waals surface area contributed by atoms with E-state index in [9.17, 15) is 9.50 Å². The molecule has 0 bridgehead atoms. The molecule has 0 fully saturated rings. The van der Waals surface area contributed by atoms with E-state index in [0.717, 1.165) is 27.9 Å². The van der Waals surface area contributed by atoms with Crippen molar-refractivity contribution < 1.29 is 9.50 Å². The first-order valence-electron chi connectivity index (χ1n) is 10.1. The molecule has 154 valence electrons. The van der Waals surface area contributed by atoms with Crippen molar-refractivity contribution in [2.75, 3.05) is 6.61 Å². The number of aromatic amines is 1. The molecule has 0 aliphatic carbocycles. The number of nitrogens with zero attached hydrogens (tertiary/aromatic N) is 4. The first-order valence-corrected chi connectivity index (χ1v) is 10.1. The minimum absolute atomic E-state index is 0.0676. The van der Waals surface area contributed by atoms with Gasteiger partial charge in [0.2, 0.25) is 0 Å². The predicted molar refractivity (Wildman–Crippen MR) is 117 cm³/mol. The van der Waals surface area contributed by atoms with Crippen LogP contribution >= 0.6 is 0 Å². The third kappa shape index (κ3) is 3.71.